The predicted molar refractivity (Wildman–Crippen MR) is 97.7 cm³/mol. The van der Waals surface area contributed by atoms with Crippen molar-refractivity contribution in [1.82, 2.24) is 4.31 Å². The number of primary sulfonamides is 1. The van der Waals surface area contributed by atoms with Gasteiger partial charge in [0.15, 0.2) is 0 Å². The molecule has 0 aliphatic rings. The quantitative estimate of drug-likeness (QED) is 0.731. The standard InChI is InChI=1S/C15H16ClN3O5S2/c1-19(26(23,24)13-7-5-11(16)6-8-13)10-15(20)18-12-3-2-4-14(9-12)25(17,21)22/h2-9H,10H2,1H3,(H,18,20)(H2,17,21,22). The normalized spacial score (nSPS) is 12.2. The largest absolute Gasteiger partial charge is 0.325 e. The van der Waals surface area contributed by atoms with Gasteiger partial charge in [0, 0.05) is 17.8 Å². The third-order valence-electron chi connectivity index (χ3n) is 3.33. The van der Waals surface area contributed by atoms with E-state index >= 15 is 0 Å². The first-order chi connectivity index (χ1) is 12.0. The minimum Gasteiger partial charge on any atom is -0.325 e. The van der Waals surface area contributed by atoms with Crippen LogP contribution in [0, 0.1) is 0 Å². The summed E-state index contributed by atoms with van der Waals surface area (Å²) in [4.78, 5) is 11.9. The van der Waals surface area contributed by atoms with E-state index < -0.39 is 32.5 Å². The van der Waals surface area contributed by atoms with Gasteiger partial charge in [-0.3, -0.25) is 4.79 Å². The highest BCUT2D eigenvalue weighted by atomic mass is 35.5. The summed E-state index contributed by atoms with van der Waals surface area (Å²) >= 11 is 5.74. The van der Waals surface area contributed by atoms with Crippen LogP contribution < -0.4 is 10.5 Å². The number of nitrogens with two attached hydrogens (primary N) is 1. The lowest BCUT2D eigenvalue weighted by atomic mass is 10.3. The number of rotatable bonds is 6. The molecule has 26 heavy (non-hydrogen) atoms. The molecule has 0 fully saturated rings. The molecule has 3 N–H and O–H groups in total. The number of nitrogens with one attached hydrogen (secondary N) is 1. The van der Waals surface area contributed by atoms with Crippen LogP contribution in [0.25, 0.3) is 0 Å². The van der Waals surface area contributed by atoms with Crippen LogP contribution in [-0.2, 0) is 24.8 Å². The van der Waals surface area contributed by atoms with Gasteiger partial charge in [0.25, 0.3) is 0 Å². The van der Waals surface area contributed by atoms with Crippen LogP contribution in [0.2, 0.25) is 5.02 Å². The minimum absolute atomic E-state index is 0.00609. The Morgan fingerprint density at radius 3 is 2.27 bits per heavy atom. The number of carbonyl (C=O) groups is 1. The number of carbonyl (C=O) groups excluding carboxylic acids is 1. The highest BCUT2D eigenvalue weighted by molar-refractivity contribution is 7.89. The number of hydrogen-bond acceptors (Lipinski definition) is 5. The van der Waals surface area contributed by atoms with E-state index in [9.17, 15) is 21.6 Å². The molecule has 11 heteroatoms. The Morgan fingerprint density at radius 2 is 1.69 bits per heavy atom. The number of amides is 1. The minimum atomic E-state index is -3.92. The maximum Gasteiger partial charge on any atom is 0.243 e. The first-order valence-electron chi connectivity index (χ1n) is 7.15. The van der Waals surface area contributed by atoms with E-state index in [2.05, 4.69) is 5.32 Å². The second-order valence-corrected chi connectivity index (χ2v) is 9.38. The van der Waals surface area contributed by atoms with E-state index in [1.807, 2.05) is 0 Å². The molecule has 0 unspecified atom stereocenters. The Balaban J connectivity index is 2.11. The second-order valence-electron chi connectivity index (χ2n) is 5.34. The highest BCUT2D eigenvalue weighted by Crippen LogP contribution is 2.18. The number of hydrogen-bond donors (Lipinski definition) is 2. The molecule has 0 atom stereocenters. The van der Waals surface area contributed by atoms with Crippen molar-refractivity contribution < 1.29 is 21.6 Å². The summed E-state index contributed by atoms with van der Waals surface area (Å²) in [6, 6.07) is 10.9. The van der Waals surface area contributed by atoms with E-state index in [1.54, 1.807) is 0 Å². The third kappa shape index (κ3) is 5.02. The van der Waals surface area contributed by atoms with Crippen LogP contribution in [0.15, 0.2) is 58.3 Å². The molecule has 2 aromatic carbocycles. The summed E-state index contributed by atoms with van der Waals surface area (Å²) in [6.07, 6.45) is 0. The molecule has 140 valence electrons. The van der Waals surface area contributed by atoms with Gasteiger partial charge in [0.2, 0.25) is 26.0 Å². The summed E-state index contributed by atoms with van der Waals surface area (Å²) in [5.74, 6) is -0.642. The van der Waals surface area contributed by atoms with E-state index in [-0.39, 0.29) is 15.5 Å². The lowest BCUT2D eigenvalue weighted by Gasteiger charge is -2.17. The fraction of sp³-hybridized carbons (Fsp3) is 0.133. The maximum absolute atomic E-state index is 12.4. The molecule has 1 amide bonds. The number of likely N-dealkylation sites (N-methyl/N-ethyl adjacent to an activating group) is 1. The molecule has 0 aliphatic carbocycles. The van der Waals surface area contributed by atoms with Crippen molar-refractivity contribution >= 4 is 43.2 Å². The molecule has 0 saturated heterocycles. The molecule has 0 aromatic heterocycles. The topological polar surface area (TPSA) is 127 Å². The van der Waals surface area contributed by atoms with Crippen molar-refractivity contribution in [2.45, 2.75) is 9.79 Å². The van der Waals surface area contributed by atoms with Crippen LogP contribution >= 0.6 is 11.6 Å². The van der Waals surface area contributed by atoms with Gasteiger partial charge >= 0.3 is 0 Å². The molecule has 0 bridgehead atoms. The van der Waals surface area contributed by atoms with Crippen molar-refractivity contribution in [3.05, 3.63) is 53.6 Å². The van der Waals surface area contributed by atoms with Crippen molar-refractivity contribution in [3.8, 4) is 0 Å². The van der Waals surface area contributed by atoms with Gasteiger partial charge in [-0.2, -0.15) is 4.31 Å². The third-order valence-corrected chi connectivity index (χ3v) is 6.32. The van der Waals surface area contributed by atoms with Crippen LogP contribution in [0.5, 0.6) is 0 Å². The highest BCUT2D eigenvalue weighted by Gasteiger charge is 2.23. The maximum atomic E-state index is 12.4. The average Bonchev–Trinajstić information content (AvgIpc) is 2.54. The Bertz CT molecular complexity index is 1020. The van der Waals surface area contributed by atoms with E-state index in [1.165, 1.54) is 55.6 Å². The van der Waals surface area contributed by atoms with Crippen LogP contribution in [-0.4, -0.2) is 40.6 Å². The van der Waals surface area contributed by atoms with E-state index in [4.69, 9.17) is 16.7 Å². The summed E-state index contributed by atoms with van der Waals surface area (Å²) < 4.78 is 48.4. The second kappa shape index (κ2) is 7.72. The molecule has 0 spiro atoms. The van der Waals surface area contributed by atoms with Gasteiger partial charge in [0.05, 0.1) is 16.3 Å². The number of anilines is 1. The van der Waals surface area contributed by atoms with Crippen molar-refractivity contribution in [3.63, 3.8) is 0 Å². The molecule has 0 saturated carbocycles. The molecular formula is C15H16ClN3O5S2. The monoisotopic (exact) mass is 417 g/mol. The molecule has 0 heterocycles. The van der Waals surface area contributed by atoms with Gasteiger partial charge in [-0.05, 0) is 42.5 Å². The Kier molecular flexibility index (Phi) is 6.04. The van der Waals surface area contributed by atoms with Crippen molar-refractivity contribution in [2.75, 3.05) is 18.9 Å². The number of halogens is 1. The lowest BCUT2D eigenvalue weighted by Crippen LogP contribution is -2.35. The van der Waals surface area contributed by atoms with Gasteiger partial charge in [-0.15, -0.1) is 0 Å². The van der Waals surface area contributed by atoms with Crippen molar-refractivity contribution in [1.29, 1.82) is 0 Å². The SMILES string of the molecule is CN(CC(=O)Nc1cccc(S(N)(=O)=O)c1)S(=O)(=O)c1ccc(Cl)cc1. The predicted octanol–water partition coefficient (Wildman–Crippen LogP) is 1.25. The zero-order valence-electron chi connectivity index (χ0n) is 13.6. The zero-order chi connectivity index (χ0) is 19.5. The molecule has 0 radical (unpaired) electrons. The molecule has 0 aliphatic heterocycles. The first-order valence-corrected chi connectivity index (χ1v) is 10.5. The Labute approximate surface area is 156 Å². The summed E-state index contributed by atoms with van der Waals surface area (Å²) in [6.45, 7) is -0.468. The fourth-order valence-electron chi connectivity index (χ4n) is 2.03. The number of nitrogens with zero attached hydrogens (tertiary/aromatic N) is 1. The summed E-state index contributed by atoms with van der Waals surface area (Å²) in [7, 11) is -6.54. The molecular weight excluding hydrogens is 402 g/mol. The molecule has 8 nitrogen and oxygen atoms in total. The molecule has 2 aromatic rings. The Hall–Kier alpha value is -1.98. The first kappa shape index (κ1) is 20.3. The number of sulfonamides is 2. The smallest absolute Gasteiger partial charge is 0.243 e. The zero-order valence-corrected chi connectivity index (χ0v) is 16.0. The fourth-order valence-corrected chi connectivity index (χ4v) is 3.84. The van der Waals surface area contributed by atoms with Gasteiger partial charge < -0.3 is 5.32 Å². The van der Waals surface area contributed by atoms with Gasteiger partial charge in [-0.25, -0.2) is 22.0 Å². The van der Waals surface area contributed by atoms with Crippen LogP contribution in [0.1, 0.15) is 0 Å². The average molecular weight is 418 g/mol. The van der Waals surface area contributed by atoms with Crippen LogP contribution in [0.3, 0.4) is 0 Å². The van der Waals surface area contributed by atoms with E-state index in [0.29, 0.717) is 5.02 Å². The molecule has 2 rings (SSSR count). The lowest BCUT2D eigenvalue weighted by molar-refractivity contribution is -0.116. The van der Waals surface area contributed by atoms with Crippen LogP contribution in [0.4, 0.5) is 5.69 Å². The Morgan fingerprint density at radius 1 is 1.08 bits per heavy atom. The summed E-state index contributed by atoms with van der Waals surface area (Å²) in [5, 5.41) is 7.85. The van der Waals surface area contributed by atoms with Gasteiger partial charge in [-0.1, -0.05) is 17.7 Å². The number of benzene rings is 2. The van der Waals surface area contributed by atoms with E-state index in [0.717, 1.165) is 4.31 Å². The van der Waals surface area contributed by atoms with Crippen molar-refractivity contribution in [2.24, 2.45) is 5.14 Å². The summed E-state index contributed by atoms with van der Waals surface area (Å²) in [5.41, 5.74) is 0.179. The van der Waals surface area contributed by atoms with Gasteiger partial charge in [0.1, 0.15) is 0 Å².